The van der Waals surface area contributed by atoms with Crippen LogP contribution < -0.4 is 5.32 Å². The highest BCUT2D eigenvalue weighted by atomic mass is 35.5. The Morgan fingerprint density at radius 2 is 2.22 bits per heavy atom. The average molecular weight is 267 g/mol. The smallest absolute Gasteiger partial charge is 0.123 e. The quantitative estimate of drug-likeness (QED) is 0.845. The van der Waals surface area contributed by atoms with Crippen LogP contribution in [0.2, 0.25) is 0 Å². The normalized spacial score (nSPS) is 19.6. The fraction of sp³-hybridized carbons (Fsp3) is 0.286. The number of halogens is 2. The summed E-state index contributed by atoms with van der Waals surface area (Å²) in [6.07, 6.45) is 4.03. The fourth-order valence-corrected chi connectivity index (χ4v) is 2.37. The predicted molar refractivity (Wildman–Crippen MR) is 72.5 cm³/mol. The highest BCUT2D eigenvalue weighted by molar-refractivity contribution is 6.29. The van der Waals surface area contributed by atoms with E-state index in [0.717, 1.165) is 11.1 Å². The summed E-state index contributed by atoms with van der Waals surface area (Å²) in [6.45, 7) is 2.58. The molecule has 1 aromatic rings. The van der Waals surface area contributed by atoms with Gasteiger partial charge in [0.15, 0.2) is 0 Å². The second-order valence-corrected chi connectivity index (χ2v) is 4.76. The number of hydrogen-bond donors (Lipinski definition) is 1. The Kier molecular flexibility index (Phi) is 4.04. The van der Waals surface area contributed by atoms with Gasteiger partial charge in [-0.2, -0.15) is 0 Å². The van der Waals surface area contributed by atoms with Gasteiger partial charge < -0.3 is 4.90 Å². The third-order valence-corrected chi connectivity index (χ3v) is 3.24. The first-order valence-electron chi connectivity index (χ1n) is 5.84. The molecule has 4 heteroatoms. The summed E-state index contributed by atoms with van der Waals surface area (Å²) in [5, 5.41) is 3.85. The van der Waals surface area contributed by atoms with Gasteiger partial charge in [0.1, 0.15) is 17.1 Å². The van der Waals surface area contributed by atoms with Crippen LogP contribution in [-0.4, -0.2) is 18.1 Å². The van der Waals surface area contributed by atoms with Crippen molar-refractivity contribution in [3.8, 4) is 0 Å². The lowest BCUT2D eigenvalue weighted by molar-refractivity contribution is 0.267. The molecule has 2 rings (SSSR count). The highest BCUT2D eigenvalue weighted by Gasteiger charge is 2.20. The topological polar surface area (TPSA) is 15.3 Å². The van der Waals surface area contributed by atoms with Crippen molar-refractivity contribution >= 4 is 11.6 Å². The maximum Gasteiger partial charge on any atom is 0.123 e. The van der Waals surface area contributed by atoms with Crippen molar-refractivity contribution in [1.29, 1.82) is 0 Å². The van der Waals surface area contributed by atoms with Crippen LogP contribution >= 0.6 is 11.6 Å². The summed E-state index contributed by atoms with van der Waals surface area (Å²) in [4.78, 5) is 1.99. The summed E-state index contributed by atoms with van der Waals surface area (Å²) in [5.74, 6) is -0.225. The number of allylic oxidation sites excluding steroid dienone is 2. The van der Waals surface area contributed by atoms with E-state index in [2.05, 4.69) is 11.4 Å². The Balaban J connectivity index is 2.20. The van der Waals surface area contributed by atoms with Crippen LogP contribution in [0.3, 0.4) is 0 Å². The van der Waals surface area contributed by atoms with Gasteiger partial charge in [0.25, 0.3) is 0 Å². The largest absolute Gasteiger partial charge is 0.339 e. The first-order valence-corrected chi connectivity index (χ1v) is 6.22. The lowest BCUT2D eigenvalue weighted by atomic mass is 10.1. The zero-order chi connectivity index (χ0) is 13.1. The van der Waals surface area contributed by atoms with Gasteiger partial charge in [-0.25, -0.2) is 4.39 Å². The van der Waals surface area contributed by atoms with E-state index in [1.54, 1.807) is 6.07 Å². The van der Waals surface area contributed by atoms with Crippen LogP contribution in [-0.2, 0) is 6.54 Å². The third kappa shape index (κ3) is 2.92. The van der Waals surface area contributed by atoms with Crippen LogP contribution in [0.5, 0.6) is 0 Å². The van der Waals surface area contributed by atoms with Crippen molar-refractivity contribution in [3.63, 3.8) is 0 Å². The van der Waals surface area contributed by atoms with E-state index in [1.807, 2.05) is 31.0 Å². The molecule has 0 aliphatic carbocycles. The molecule has 0 amide bonds. The molecule has 1 aliphatic rings. The molecular formula is C14H16ClFN2. The van der Waals surface area contributed by atoms with Crippen molar-refractivity contribution in [2.75, 3.05) is 7.05 Å². The molecule has 0 saturated heterocycles. The zero-order valence-electron chi connectivity index (χ0n) is 10.5. The number of nitrogens with zero attached hydrogens (tertiary/aromatic N) is 1. The van der Waals surface area contributed by atoms with Crippen molar-refractivity contribution in [2.24, 2.45) is 0 Å². The Labute approximate surface area is 112 Å². The van der Waals surface area contributed by atoms with Crippen LogP contribution in [0.1, 0.15) is 12.5 Å². The highest BCUT2D eigenvalue weighted by Crippen LogP contribution is 2.24. The van der Waals surface area contributed by atoms with Gasteiger partial charge in [0.2, 0.25) is 0 Å². The van der Waals surface area contributed by atoms with Crippen LogP contribution in [0.15, 0.2) is 47.1 Å². The molecule has 2 nitrogen and oxygen atoms in total. The summed E-state index contributed by atoms with van der Waals surface area (Å²) in [5.41, 5.74) is 2.02. The average Bonchev–Trinajstić information content (AvgIpc) is 2.32. The Morgan fingerprint density at radius 1 is 1.44 bits per heavy atom. The van der Waals surface area contributed by atoms with E-state index in [0.29, 0.717) is 11.7 Å². The zero-order valence-corrected chi connectivity index (χ0v) is 11.2. The van der Waals surface area contributed by atoms with Gasteiger partial charge in [0, 0.05) is 6.54 Å². The molecule has 1 N–H and O–H groups in total. The number of benzene rings is 1. The molecule has 1 aliphatic heterocycles. The predicted octanol–water partition coefficient (Wildman–Crippen LogP) is 3.21. The molecule has 1 heterocycles. The Bertz CT molecular complexity index is 496. The minimum absolute atomic E-state index is 0.0331. The lowest BCUT2D eigenvalue weighted by Gasteiger charge is -2.34. The molecule has 1 atom stereocenters. The van der Waals surface area contributed by atoms with E-state index >= 15 is 0 Å². The summed E-state index contributed by atoms with van der Waals surface area (Å²) < 4.78 is 13.2. The van der Waals surface area contributed by atoms with Gasteiger partial charge in [0.05, 0.1) is 0 Å². The molecule has 1 aromatic carbocycles. The van der Waals surface area contributed by atoms with E-state index in [4.69, 9.17) is 11.6 Å². The van der Waals surface area contributed by atoms with Gasteiger partial charge in [-0.3, -0.25) is 5.32 Å². The standard InChI is InChI=1S/C14H16ClFN2/c1-10-6-13(15)18(14(7-10)17-2)9-11-4-3-5-12(16)8-11/h3-8,14,17H,9H2,1-2H3. The van der Waals surface area contributed by atoms with E-state index in [-0.39, 0.29) is 12.0 Å². The summed E-state index contributed by atoms with van der Waals surface area (Å²) >= 11 is 6.25. The first kappa shape index (κ1) is 13.1. The second kappa shape index (κ2) is 5.55. The number of hydrogen-bond acceptors (Lipinski definition) is 2. The van der Waals surface area contributed by atoms with Crippen molar-refractivity contribution in [2.45, 2.75) is 19.6 Å². The van der Waals surface area contributed by atoms with Gasteiger partial charge in [-0.15, -0.1) is 0 Å². The molecule has 0 saturated carbocycles. The van der Waals surface area contributed by atoms with E-state index in [1.165, 1.54) is 12.1 Å². The van der Waals surface area contributed by atoms with E-state index < -0.39 is 0 Å². The number of likely N-dealkylation sites (N-methyl/N-ethyl adjacent to an activating group) is 1. The first-order chi connectivity index (χ1) is 8.60. The summed E-state index contributed by atoms with van der Waals surface area (Å²) in [7, 11) is 1.88. The minimum atomic E-state index is -0.225. The van der Waals surface area contributed by atoms with Crippen molar-refractivity contribution in [1.82, 2.24) is 10.2 Å². The third-order valence-electron chi connectivity index (χ3n) is 2.92. The van der Waals surface area contributed by atoms with Gasteiger partial charge in [-0.1, -0.05) is 23.7 Å². The molecule has 0 fully saturated rings. The van der Waals surface area contributed by atoms with Crippen molar-refractivity contribution < 1.29 is 4.39 Å². The molecule has 0 radical (unpaired) electrons. The Hall–Kier alpha value is -1.32. The molecule has 0 spiro atoms. The van der Waals surface area contributed by atoms with Crippen LogP contribution in [0, 0.1) is 5.82 Å². The summed E-state index contributed by atoms with van der Waals surface area (Å²) in [6, 6.07) is 6.58. The molecule has 18 heavy (non-hydrogen) atoms. The number of nitrogens with one attached hydrogen (secondary N) is 1. The SMILES string of the molecule is CNC1C=C(C)C=C(Cl)N1Cc1cccc(F)c1. The van der Waals surface area contributed by atoms with E-state index in [9.17, 15) is 4.39 Å². The Morgan fingerprint density at radius 3 is 2.89 bits per heavy atom. The molecular weight excluding hydrogens is 251 g/mol. The lowest BCUT2D eigenvalue weighted by Crippen LogP contribution is -2.42. The van der Waals surface area contributed by atoms with Crippen molar-refractivity contribution in [3.05, 3.63) is 58.5 Å². The minimum Gasteiger partial charge on any atom is -0.339 e. The fourth-order valence-electron chi connectivity index (χ4n) is 2.04. The number of rotatable bonds is 3. The second-order valence-electron chi connectivity index (χ2n) is 4.37. The van der Waals surface area contributed by atoms with Gasteiger partial charge >= 0.3 is 0 Å². The molecule has 1 unspecified atom stereocenters. The monoisotopic (exact) mass is 266 g/mol. The maximum absolute atomic E-state index is 13.2. The van der Waals surface area contributed by atoms with Gasteiger partial charge in [-0.05, 0) is 49.4 Å². The van der Waals surface area contributed by atoms with Crippen LogP contribution in [0.25, 0.3) is 0 Å². The van der Waals surface area contributed by atoms with Crippen LogP contribution in [0.4, 0.5) is 4.39 Å². The molecule has 96 valence electrons. The molecule has 0 bridgehead atoms. The molecule has 0 aromatic heterocycles. The maximum atomic E-state index is 13.2.